The summed E-state index contributed by atoms with van der Waals surface area (Å²) in [5, 5.41) is 11.2. The van der Waals surface area contributed by atoms with Crippen molar-refractivity contribution in [3.05, 3.63) is 29.5 Å². The van der Waals surface area contributed by atoms with Crippen molar-refractivity contribution in [1.29, 1.82) is 5.26 Å². The minimum atomic E-state index is -0.560. The van der Waals surface area contributed by atoms with Gasteiger partial charge in [-0.05, 0) is 11.4 Å². The lowest BCUT2D eigenvalue weighted by Crippen LogP contribution is -2.46. The molecule has 4 nitrogen and oxygen atoms in total. The van der Waals surface area contributed by atoms with Crippen LogP contribution in [0.3, 0.4) is 0 Å². The van der Waals surface area contributed by atoms with Gasteiger partial charge in [0.05, 0.1) is 36.1 Å². The molecule has 0 aliphatic carbocycles. The highest BCUT2D eigenvalue weighted by atomic mass is 32.1. The van der Waals surface area contributed by atoms with Gasteiger partial charge in [0.15, 0.2) is 5.41 Å². The fraction of sp³-hybridized carbons (Fsp3) is 0.273. The fourth-order valence-electron chi connectivity index (χ4n) is 1.68. The van der Waals surface area contributed by atoms with Gasteiger partial charge in [-0.1, -0.05) is 6.07 Å². The van der Waals surface area contributed by atoms with Gasteiger partial charge in [0.1, 0.15) is 5.82 Å². The summed E-state index contributed by atoms with van der Waals surface area (Å²) in [6.07, 6.45) is 1.78. The maximum atomic E-state index is 9.14. The van der Waals surface area contributed by atoms with Crippen molar-refractivity contribution >= 4 is 11.3 Å². The number of hydrogen-bond acceptors (Lipinski definition) is 4. The molecule has 0 atom stereocenters. The first kappa shape index (κ1) is 9.58. The highest BCUT2D eigenvalue weighted by molar-refractivity contribution is 7.13. The molecule has 0 bridgehead atoms. The summed E-state index contributed by atoms with van der Waals surface area (Å²) in [5.74, 6) is 0.713. The van der Waals surface area contributed by atoms with E-state index in [0.717, 1.165) is 10.6 Å². The number of aromatic amines is 1. The number of aromatic nitrogens is 2. The maximum absolute atomic E-state index is 9.14. The quantitative estimate of drug-likeness (QED) is 0.859. The molecule has 0 amide bonds. The molecule has 1 N–H and O–H groups in total. The molecular weight excluding hydrogens is 222 g/mol. The monoisotopic (exact) mass is 231 g/mol. The van der Waals surface area contributed by atoms with Crippen LogP contribution >= 0.6 is 11.3 Å². The van der Waals surface area contributed by atoms with Gasteiger partial charge in [-0.25, -0.2) is 4.98 Å². The van der Waals surface area contributed by atoms with E-state index in [9.17, 15) is 0 Å². The molecular formula is C11H9N3OS. The predicted octanol–water partition coefficient (Wildman–Crippen LogP) is 1.93. The van der Waals surface area contributed by atoms with E-state index < -0.39 is 5.41 Å². The molecule has 1 saturated heterocycles. The van der Waals surface area contributed by atoms with Crippen LogP contribution in [0.2, 0.25) is 0 Å². The van der Waals surface area contributed by atoms with E-state index in [4.69, 9.17) is 10.00 Å². The van der Waals surface area contributed by atoms with Crippen LogP contribution in [0.4, 0.5) is 0 Å². The van der Waals surface area contributed by atoms with Crippen molar-refractivity contribution < 1.29 is 4.74 Å². The molecule has 1 aliphatic rings. The molecule has 0 aromatic carbocycles. The molecule has 5 heteroatoms. The van der Waals surface area contributed by atoms with E-state index in [1.165, 1.54) is 0 Å². The van der Waals surface area contributed by atoms with Crippen LogP contribution in [0.25, 0.3) is 10.6 Å². The SMILES string of the molecule is N#CC1(c2ncc(-c3cccs3)[nH]2)COC1. The van der Waals surface area contributed by atoms with Gasteiger partial charge in [0.2, 0.25) is 0 Å². The van der Waals surface area contributed by atoms with Gasteiger partial charge in [-0.15, -0.1) is 11.3 Å². The molecule has 80 valence electrons. The van der Waals surface area contributed by atoms with E-state index in [-0.39, 0.29) is 0 Å². The van der Waals surface area contributed by atoms with Crippen LogP contribution in [0, 0.1) is 11.3 Å². The fourth-order valence-corrected chi connectivity index (χ4v) is 2.37. The average Bonchev–Trinajstić information content (AvgIpc) is 2.86. The van der Waals surface area contributed by atoms with Crippen molar-refractivity contribution in [2.75, 3.05) is 13.2 Å². The Kier molecular flexibility index (Phi) is 2.06. The molecule has 1 fully saturated rings. The second kappa shape index (κ2) is 3.44. The lowest BCUT2D eigenvalue weighted by molar-refractivity contribution is -0.0335. The second-order valence-electron chi connectivity index (χ2n) is 3.81. The topological polar surface area (TPSA) is 61.7 Å². The molecule has 3 rings (SSSR count). The Morgan fingerprint density at radius 3 is 3.00 bits per heavy atom. The van der Waals surface area contributed by atoms with Gasteiger partial charge in [-0.2, -0.15) is 5.26 Å². The number of ether oxygens (including phenoxy) is 1. The van der Waals surface area contributed by atoms with Gasteiger partial charge >= 0.3 is 0 Å². The maximum Gasteiger partial charge on any atom is 0.161 e. The Hall–Kier alpha value is -1.64. The number of nitrogens with zero attached hydrogens (tertiary/aromatic N) is 2. The number of nitriles is 1. The highest BCUT2D eigenvalue weighted by Crippen LogP contribution is 2.31. The third kappa shape index (κ3) is 1.28. The first-order valence-corrected chi connectivity index (χ1v) is 5.80. The lowest BCUT2D eigenvalue weighted by Gasteiger charge is -2.32. The summed E-state index contributed by atoms with van der Waals surface area (Å²) in [4.78, 5) is 8.62. The predicted molar refractivity (Wildman–Crippen MR) is 60.0 cm³/mol. The van der Waals surface area contributed by atoms with Crippen molar-refractivity contribution in [3.8, 4) is 16.6 Å². The van der Waals surface area contributed by atoms with Crippen LogP contribution < -0.4 is 0 Å². The minimum Gasteiger partial charge on any atom is -0.377 e. The molecule has 0 spiro atoms. The summed E-state index contributed by atoms with van der Waals surface area (Å²) in [7, 11) is 0. The van der Waals surface area contributed by atoms with E-state index in [0.29, 0.717) is 19.0 Å². The van der Waals surface area contributed by atoms with Crippen molar-refractivity contribution in [1.82, 2.24) is 9.97 Å². The summed E-state index contributed by atoms with van der Waals surface area (Å²) < 4.78 is 5.10. The van der Waals surface area contributed by atoms with Crippen molar-refractivity contribution in [3.63, 3.8) is 0 Å². The first-order chi connectivity index (χ1) is 7.84. The molecule has 0 radical (unpaired) electrons. The molecule has 1 aliphatic heterocycles. The van der Waals surface area contributed by atoms with E-state index in [1.54, 1.807) is 17.5 Å². The van der Waals surface area contributed by atoms with Crippen molar-refractivity contribution in [2.45, 2.75) is 5.41 Å². The van der Waals surface area contributed by atoms with Gasteiger partial charge in [0.25, 0.3) is 0 Å². The van der Waals surface area contributed by atoms with E-state index in [1.807, 2.05) is 17.5 Å². The Balaban J connectivity index is 1.97. The van der Waals surface area contributed by atoms with E-state index in [2.05, 4.69) is 16.0 Å². The molecule has 3 heterocycles. The Morgan fingerprint density at radius 2 is 2.44 bits per heavy atom. The zero-order chi connectivity index (χ0) is 11.0. The number of rotatable bonds is 2. The number of nitrogens with one attached hydrogen (secondary N) is 1. The van der Waals surface area contributed by atoms with Crippen LogP contribution in [0.5, 0.6) is 0 Å². The summed E-state index contributed by atoms with van der Waals surface area (Å²) in [5.41, 5.74) is 0.404. The molecule has 16 heavy (non-hydrogen) atoms. The second-order valence-corrected chi connectivity index (χ2v) is 4.76. The largest absolute Gasteiger partial charge is 0.377 e. The zero-order valence-electron chi connectivity index (χ0n) is 8.43. The van der Waals surface area contributed by atoms with Gasteiger partial charge in [0, 0.05) is 0 Å². The molecule has 0 unspecified atom stereocenters. The third-order valence-corrected chi connectivity index (χ3v) is 3.63. The Morgan fingerprint density at radius 1 is 1.56 bits per heavy atom. The minimum absolute atomic E-state index is 0.431. The third-order valence-electron chi connectivity index (χ3n) is 2.73. The van der Waals surface area contributed by atoms with Crippen LogP contribution in [-0.4, -0.2) is 23.2 Å². The lowest BCUT2D eigenvalue weighted by atomic mass is 9.87. The standard InChI is InChI=1S/C11H9N3OS/c12-5-11(6-15-7-11)10-13-4-8(14-10)9-2-1-3-16-9/h1-4H,6-7H2,(H,13,14). The molecule has 2 aromatic rings. The molecule has 0 saturated carbocycles. The summed E-state index contributed by atoms with van der Waals surface area (Å²) in [6, 6.07) is 6.29. The number of thiophene rings is 1. The average molecular weight is 231 g/mol. The summed E-state index contributed by atoms with van der Waals surface area (Å²) in [6.45, 7) is 0.863. The van der Waals surface area contributed by atoms with Crippen LogP contribution in [-0.2, 0) is 10.2 Å². The van der Waals surface area contributed by atoms with Gasteiger partial charge in [-0.3, -0.25) is 0 Å². The van der Waals surface area contributed by atoms with E-state index >= 15 is 0 Å². The normalized spacial score (nSPS) is 17.7. The Bertz CT molecular complexity index is 534. The number of imidazole rings is 1. The van der Waals surface area contributed by atoms with Crippen LogP contribution in [0.15, 0.2) is 23.7 Å². The number of hydrogen-bond donors (Lipinski definition) is 1. The Labute approximate surface area is 96.5 Å². The first-order valence-electron chi connectivity index (χ1n) is 4.92. The van der Waals surface area contributed by atoms with Crippen LogP contribution in [0.1, 0.15) is 5.82 Å². The number of H-pyrrole nitrogens is 1. The zero-order valence-corrected chi connectivity index (χ0v) is 9.25. The highest BCUT2D eigenvalue weighted by Gasteiger charge is 2.43. The smallest absolute Gasteiger partial charge is 0.161 e. The summed E-state index contributed by atoms with van der Waals surface area (Å²) >= 11 is 1.65. The van der Waals surface area contributed by atoms with Gasteiger partial charge < -0.3 is 9.72 Å². The molecule has 2 aromatic heterocycles. The van der Waals surface area contributed by atoms with Crippen molar-refractivity contribution in [2.24, 2.45) is 0 Å².